The van der Waals surface area contributed by atoms with Crippen molar-refractivity contribution in [2.24, 2.45) is 7.05 Å². The molecule has 2 amide bonds. The van der Waals surface area contributed by atoms with Gasteiger partial charge in [-0.05, 0) is 48.7 Å². The number of nitrogens with zero attached hydrogens (tertiary/aromatic N) is 2. The number of imidazole rings is 1. The zero-order chi connectivity index (χ0) is 22.4. The Balaban J connectivity index is 1.78. The highest BCUT2D eigenvalue weighted by molar-refractivity contribution is 9.10. The van der Waals surface area contributed by atoms with Crippen LogP contribution in [0.15, 0.2) is 59.3 Å². The van der Waals surface area contributed by atoms with Crippen molar-refractivity contribution in [3.8, 4) is 11.5 Å². The van der Waals surface area contributed by atoms with Crippen LogP contribution in [-0.4, -0.2) is 35.8 Å². The first-order chi connectivity index (χ1) is 14.9. The number of aryl methyl sites for hydroxylation is 1. The van der Waals surface area contributed by atoms with Gasteiger partial charge in [-0.3, -0.25) is 0 Å². The molecule has 0 saturated carbocycles. The van der Waals surface area contributed by atoms with Gasteiger partial charge in [0.25, 0.3) is 0 Å². The summed E-state index contributed by atoms with van der Waals surface area (Å²) in [6.45, 7) is 1.98. The van der Waals surface area contributed by atoms with Gasteiger partial charge in [0.15, 0.2) is 0 Å². The molecule has 0 aliphatic carbocycles. The Morgan fingerprint density at radius 1 is 1.10 bits per heavy atom. The van der Waals surface area contributed by atoms with Crippen molar-refractivity contribution in [1.29, 1.82) is 0 Å². The molecule has 7 nitrogen and oxygen atoms in total. The van der Waals surface area contributed by atoms with Crippen molar-refractivity contribution < 1.29 is 14.3 Å². The standard InChI is InChI=1S/C23H27BrN4O3/c1-15(11-16-5-7-18(24)8-6-16)26-23(29)27-21(22-25-9-10-28(22)2)17-12-19(30-3)14-20(13-17)31-4/h5-10,12-15,21H,11H2,1-4H3,(H2,26,27,29). The maximum atomic E-state index is 12.9. The summed E-state index contributed by atoms with van der Waals surface area (Å²) in [6, 6.07) is 12.8. The summed E-state index contributed by atoms with van der Waals surface area (Å²) in [7, 11) is 5.08. The van der Waals surface area contributed by atoms with Gasteiger partial charge < -0.3 is 24.7 Å². The lowest BCUT2D eigenvalue weighted by molar-refractivity contribution is 0.235. The molecule has 1 heterocycles. The van der Waals surface area contributed by atoms with E-state index in [9.17, 15) is 4.79 Å². The zero-order valence-electron chi connectivity index (χ0n) is 18.1. The molecule has 0 aliphatic heterocycles. The average Bonchev–Trinajstić information content (AvgIpc) is 3.18. The summed E-state index contributed by atoms with van der Waals surface area (Å²) in [5.74, 6) is 1.98. The van der Waals surface area contributed by atoms with Gasteiger partial charge in [0, 0.05) is 36.0 Å². The first-order valence-electron chi connectivity index (χ1n) is 9.91. The molecule has 8 heteroatoms. The van der Waals surface area contributed by atoms with Crippen LogP contribution in [0.3, 0.4) is 0 Å². The lowest BCUT2D eigenvalue weighted by atomic mass is 10.0. The van der Waals surface area contributed by atoms with Crippen LogP contribution >= 0.6 is 15.9 Å². The second-order valence-corrected chi connectivity index (χ2v) is 8.24. The number of aromatic nitrogens is 2. The van der Waals surface area contributed by atoms with Crippen LogP contribution in [0.1, 0.15) is 29.9 Å². The predicted molar refractivity (Wildman–Crippen MR) is 124 cm³/mol. The number of hydrogen-bond donors (Lipinski definition) is 2. The SMILES string of the molecule is COc1cc(OC)cc(C(NC(=O)NC(C)Cc2ccc(Br)cc2)c2nccn2C)c1. The average molecular weight is 487 g/mol. The highest BCUT2D eigenvalue weighted by Crippen LogP contribution is 2.29. The van der Waals surface area contributed by atoms with E-state index < -0.39 is 6.04 Å². The summed E-state index contributed by atoms with van der Waals surface area (Å²) in [5, 5.41) is 6.07. The maximum absolute atomic E-state index is 12.9. The van der Waals surface area contributed by atoms with Gasteiger partial charge >= 0.3 is 6.03 Å². The van der Waals surface area contributed by atoms with Crippen LogP contribution in [0.2, 0.25) is 0 Å². The van der Waals surface area contributed by atoms with Crippen LogP contribution in [0.5, 0.6) is 11.5 Å². The molecule has 0 spiro atoms. The topological polar surface area (TPSA) is 77.4 Å². The summed E-state index contributed by atoms with van der Waals surface area (Å²) in [4.78, 5) is 17.3. The fourth-order valence-corrected chi connectivity index (χ4v) is 3.63. The number of amides is 2. The fourth-order valence-electron chi connectivity index (χ4n) is 3.37. The monoisotopic (exact) mass is 486 g/mol. The number of carbonyl (C=O) groups excluding carboxylic acids is 1. The normalized spacial score (nSPS) is 12.7. The molecular weight excluding hydrogens is 460 g/mol. The van der Waals surface area contributed by atoms with Crippen molar-refractivity contribution in [2.75, 3.05) is 14.2 Å². The van der Waals surface area contributed by atoms with Crippen LogP contribution in [0, 0.1) is 0 Å². The molecule has 2 atom stereocenters. The van der Waals surface area contributed by atoms with Gasteiger partial charge in [-0.1, -0.05) is 28.1 Å². The largest absolute Gasteiger partial charge is 0.497 e. The van der Waals surface area contributed by atoms with Gasteiger partial charge in [-0.15, -0.1) is 0 Å². The minimum atomic E-state index is -0.483. The van der Waals surface area contributed by atoms with Crippen molar-refractivity contribution in [3.05, 3.63) is 76.3 Å². The maximum Gasteiger partial charge on any atom is 0.315 e. The van der Waals surface area contributed by atoms with Gasteiger partial charge in [-0.2, -0.15) is 0 Å². The first-order valence-corrected chi connectivity index (χ1v) is 10.7. The third-order valence-electron chi connectivity index (χ3n) is 4.93. The molecule has 2 N–H and O–H groups in total. The number of carbonyl (C=O) groups is 1. The Labute approximate surface area is 190 Å². The Bertz CT molecular complexity index is 998. The quantitative estimate of drug-likeness (QED) is 0.499. The minimum absolute atomic E-state index is 0.0527. The first kappa shape index (κ1) is 22.7. The number of methoxy groups -OCH3 is 2. The molecule has 2 aromatic carbocycles. The summed E-state index contributed by atoms with van der Waals surface area (Å²) >= 11 is 3.44. The molecule has 0 saturated heterocycles. The molecule has 0 radical (unpaired) electrons. The summed E-state index contributed by atoms with van der Waals surface area (Å²) in [6.07, 6.45) is 4.27. The Morgan fingerprint density at radius 3 is 2.29 bits per heavy atom. The number of urea groups is 1. The molecule has 3 rings (SSSR count). The van der Waals surface area contributed by atoms with E-state index in [-0.39, 0.29) is 12.1 Å². The second kappa shape index (κ2) is 10.3. The van der Waals surface area contributed by atoms with E-state index in [2.05, 4.69) is 31.5 Å². The van der Waals surface area contributed by atoms with E-state index in [0.717, 1.165) is 22.0 Å². The Kier molecular flexibility index (Phi) is 7.57. The van der Waals surface area contributed by atoms with Gasteiger partial charge in [0.1, 0.15) is 23.4 Å². The van der Waals surface area contributed by atoms with Gasteiger partial charge in [0.2, 0.25) is 0 Å². The van der Waals surface area contributed by atoms with Crippen molar-refractivity contribution in [2.45, 2.75) is 25.4 Å². The molecular formula is C23H27BrN4O3. The van der Waals surface area contributed by atoms with Crippen molar-refractivity contribution >= 4 is 22.0 Å². The van der Waals surface area contributed by atoms with E-state index in [4.69, 9.17) is 9.47 Å². The molecule has 1 aromatic heterocycles. The van der Waals surface area contributed by atoms with Gasteiger partial charge in [0.05, 0.1) is 14.2 Å². The van der Waals surface area contributed by atoms with Gasteiger partial charge in [-0.25, -0.2) is 9.78 Å². The number of halogens is 1. The van der Waals surface area contributed by atoms with E-state index >= 15 is 0 Å². The highest BCUT2D eigenvalue weighted by atomic mass is 79.9. The highest BCUT2D eigenvalue weighted by Gasteiger charge is 2.23. The second-order valence-electron chi connectivity index (χ2n) is 7.32. The van der Waals surface area contributed by atoms with Crippen LogP contribution in [0.4, 0.5) is 4.79 Å². The van der Waals surface area contributed by atoms with E-state index in [1.54, 1.807) is 26.5 Å². The number of nitrogens with one attached hydrogen (secondary N) is 2. The number of benzene rings is 2. The molecule has 2 unspecified atom stereocenters. The Morgan fingerprint density at radius 2 is 1.74 bits per heavy atom. The Hall–Kier alpha value is -3.00. The summed E-state index contributed by atoms with van der Waals surface area (Å²) < 4.78 is 13.7. The number of rotatable bonds is 8. The molecule has 0 bridgehead atoms. The third kappa shape index (κ3) is 6.01. The lowest BCUT2D eigenvalue weighted by Crippen LogP contribution is -2.43. The third-order valence-corrected chi connectivity index (χ3v) is 5.46. The molecule has 0 fully saturated rings. The van der Waals surface area contributed by atoms with E-state index in [1.165, 1.54) is 0 Å². The zero-order valence-corrected chi connectivity index (χ0v) is 19.6. The van der Waals surface area contributed by atoms with E-state index in [0.29, 0.717) is 17.3 Å². The molecule has 31 heavy (non-hydrogen) atoms. The lowest BCUT2D eigenvalue weighted by Gasteiger charge is -2.22. The molecule has 164 valence electrons. The number of ether oxygens (including phenoxy) is 2. The smallest absolute Gasteiger partial charge is 0.315 e. The van der Waals surface area contributed by atoms with E-state index in [1.807, 2.05) is 61.1 Å². The summed E-state index contributed by atoms with van der Waals surface area (Å²) in [5.41, 5.74) is 1.95. The van der Waals surface area contributed by atoms with Crippen LogP contribution in [0.25, 0.3) is 0 Å². The molecule has 0 aliphatic rings. The number of hydrogen-bond acceptors (Lipinski definition) is 4. The van der Waals surface area contributed by atoms with Crippen LogP contribution < -0.4 is 20.1 Å². The minimum Gasteiger partial charge on any atom is -0.497 e. The molecule has 3 aromatic rings. The van der Waals surface area contributed by atoms with Crippen molar-refractivity contribution in [3.63, 3.8) is 0 Å². The fraction of sp³-hybridized carbons (Fsp3) is 0.304. The predicted octanol–water partition coefficient (Wildman–Crippen LogP) is 4.22. The van der Waals surface area contributed by atoms with Crippen molar-refractivity contribution in [1.82, 2.24) is 20.2 Å². The van der Waals surface area contributed by atoms with Crippen LogP contribution in [-0.2, 0) is 13.5 Å².